The van der Waals surface area contributed by atoms with Gasteiger partial charge in [0, 0.05) is 5.02 Å². The lowest BCUT2D eigenvalue weighted by Crippen LogP contribution is -2.26. The van der Waals surface area contributed by atoms with Crippen molar-refractivity contribution >= 4 is 24.0 Å². The Labute approximate surface area is 108 Å². The van der Waals surface area contributed by atoms with Crippen LogP contribution in [-0.4, -0.2) is 20.2 Å². The number of hydrogen-bond donors (Lipinski definition) is 1. The molecule has 0 spiro atoms. The van der Waals surface area contributed by atoms with E-state index in [2.05, 4.69) is 11.4 Å². The molecule has 1 aromatic rings. The molecule has 1 fully saturated rings. The highest BCUT2D eigenvalue weighted by Crippen LogP contribution is 2.33. The third-order valence-corrected chi connectivity index (χ3v) is 3.33. The van der Waals surface area contributed by atoms with E-state index in [1.807, 2.05) is 12.1 Å². The first-order chi connectivity index (χ1) is 7.31. The average molecular weight is 262 g/mol. The second-order valence-corrected chi connectivity index (χ2v) is 4.32. The monoisotopic (exact) mass is 261 g/mol. The van der Waals surface area contributed by atoms with Crippen molar-refractivity contribution in [2.45, 2.75) is 18.8 Å². The van der Waals surface area contributed by atoms with Gasteiger partial charge in [-0.05, 0) is 55.6 Å². The zero-order valence-corrected chi connectivity index (χ0v) is 10.9. The highest BCUT2D eigenvalue weighted by Gasteiger charge is 2.18. The Morgan fingerprint density at radius 1 is 1.31 bits per heavy atom. The maximum atomic E-state index is 6.21. The van der Waals surface area contributed by atoms with E-state index in [4.69, 9.17) is 16.3 Å². The molecule has 2 nitrogen and oxygen atoms in total. The van der Waals surface area contributed by atoms with Gasteiger partial charge in [-0.2, -0.15) is 0 Å². The molecule has 0 saturated carbocycles. The Bertz CT molecular complexity index is 338. The van der Waals surface area contributed by atoms with Crippen LogP contribution in [0.25, 0.3) is 0 Å². The molecule has 0 bridgehead atoms. The number of piperidine rings is 1. The van der Waals surface area contributed by atoms with E-state index in [-0.39, 0.29) is 12.4 Å². The molecular weight excluding hydrogens is 245 g/mol. The molecule has 2 rings (SSSR count). The van der Waals surface area contributed by atoms with Gasteiger partial charge in [0.2, 0.25) is 0 Å². The van der Waals surface area contributed by atoms with E-state index >= 15 is 0 Å². The van der Waals surface area contributed by atoms with Crippen molar-refractivity contribution in [3.05, 3.63) is 28.8 Å². The smallest absolute Gasteiger partial charge is 0.119 e. The number of rotatable bonds is 2. The number of methoxy groups -OCH3 is 1. The van der Waals surface area contributed by atoms with Crippen molar-refractivity contribution < 1.29 is 4.74 Å². The largest absolute Gasteiger partial charge is 0.497 e. The van der Waals surface area contributed by atoms with Crippen LogP contribution in [0.2, 0.25) is 5.02 Å². The molecule has 1 saturated heterocycles. The Balaban J connectivity index is 0.00000128. The number of hydrogen-bond acceptors (Lipinski definition) is 2. The zero-order valence-electron chi connectivity index (χ0n) is 9.33. The van der Waals surface area contributed by atoms with Gasteiger partial charge in [-0.1, -0.05) is 11.6 Å². The fourth-order valence-electron chi connectivity index (χ4n) is 2.09. The Kier molecular flexibility index (Phi) is 5.39. The second kappa shape index (κ2) is 6.33. The molecule has 0 aromatic heterocycles. The summed E-state index contributed by atoms with van der Waals surface area (Å²) >= 11 is 6.21. The summed E-state index contributed by atoms with van der Waals surface area (Å²) in [5.41, 5.74) is 1.23. The standard InChI is InChI=1S/C12H16ClNO.ClH/c1-15-10-2-3-12(13)11(8-10)9-4-6-14-7-5-9;/h2-3,8-9,14H,4-7H2,1H3;1H. The quantitative estimate of drug-likeness (QED) is 0.883. The first kappa shape index (κ1) is 13.6. The molecule has 1 aliphatic rings. The topological polar surface area (TPSA) is 21.3 Å². The third kappa shape index (κ3) is 3.03. The van der Waals surface area contributed by atoms with Gasteiger partial charge in [-0.25, -0.2) is 0 Å². The van der Waals surface area contributed by atoms with Crippen molar-refractivity contribution in [3.8, 4) is 5.75 Å². The molecule has 90 valence electrons. The van der Waals surface area contributed by atoms with Crippen molar-refractivity contribution in [2.24, 2.45) is 0 Å². The van der Waals surface area contributed by atoms with Crippen molar-refractivity contribution in [1.82, 2.24) is 5.32 Å². The van der Waals surface area contributed by atoms with Gasteiger partial charge in [0.05, 0.1) is 7.11 Å². The van der Waals surface area contributed by atoms with Crippen molar-refractivity contribution in [1.29, 1.82) is 0 Å². The molecule has 1 N–H and O–H groups in total. The van der Waals surface area contributed by atoms with Gasteiger partial charge in [0.1, 0.15) is 5.75 Å². The number of ether oxygens (including phenoxy) is 1. The SMILES string of the molecule is COc1ccc(Cl)c(C2CCNCC2)c1.Cl. The van der Waals surface area contributed by atoms with E-state index in [1.54, 1.807) is 7.11 Å². The van der Waals surface area contributed by atoms with Gasteiger partial charge < -0.3 is 10.1 Å². The average Bonchev–Trinajstić information content (AvgIpc) is 2.31. The summed E-state index contributed by atoms with van der Waals surface area (Å²) < 4.78 is 5.23. The normalized spacial score (nSPS) is 16.6. The van der Waals surface area contributed by atoms with Crippen LogP contribution in [-0.2, 0) is 0 Å². The molecule has 0 atom stereocenters. The molecule has 0 amide bonds. The molecule has 0 radical (unpaired) electrons. The molecule has 1 aromatic carbocycles. The summed E-state index contributed by atoms with van der Waals surface area (Å²) in [6, 6.07) is 5.91. The Morgan fingerprint density at radius 3 is 2.62 bits per heavy atom. The summed E-state index contributed by atoms with van der Waals surface area (Å²) in [7, 11) is 1.69. The number of halogens is 2. The molecule has 1 aliphatic heterocycles. The lowest BCUT2D eigenvalue weighted by molar-refractivity contribution is 0.411. The van der Waals surface area contributed by atoms with Crippen LogP contribution in [0.15, 0.2) is 18.2 Å². The Morgan fingerprint density at radius 2 is 2.00 bits per heavy atom. The molecule has 4 heteroatoms. The maximum Gasteiger partial charge on any atom is 0.119 e. The van der Waals surface area contributed by atoms with E-state index in [1.165, 1.54) is 5.56 Å². The second-order valence-electron chi connectivity index (χ2n) is 3.91. The van der Waals surface area contributed by atoms with Gasteiger partial charge in [0.15, 0.2) is 0 Å². The van der Waals surface area contributed by atoms with Gasteiger partial charge in [-0.3, -0.25) is 0 Å². The third-order valence-electron chi connectivity index (χ3n) is 2.98. The van der Waals surface area contributed by atoms with Crippen LogP contribution < -0.4 is 10.1 Å². The summed E-state index contributed by atoms with van der Waals surface area (Å²) in [6.45, 7) is 2.16. The molecule has 1 heterocycles. The molecule has 0 aliphatic carbocycles. The summed E-state index contributed by atoms with van der Waals surface area (Å²) in [5, 5.41) is 4.22. The fraction of sp³-hybridized carbons (Fsp3) is 0.500. The maximum absolute atomic E-state index is 6.21. The predicted octanol–water partition coefficient (Wildman–Crippen LogP) is 3.24. The minimum Gasteiger partial charge on any atom is -0.497 e. The fourth-order valence-corrected chi connectivity index (χ4v) is 2.37. The minimum atomic E-state index is 0. The van der Waals surface area contributed by atoms with Crippen LogP contribution >= 0.6 is 24.0 Å². The van der Waals surface area contributed by atoms with Crippen LogP contribution in [0.1, 0.15) is 24.3 Å². The van der Waals surface area contributed by atoms with E-state index in [9.17, 15) is 0 Å². The van der Waals surface area contributed by atoms with E-state index < -0.39 is 0 Å². The van der Waals surface area contributed by atoms with Crippen LogP contribution in [0.5, 0.6) is 5.75 Å². The van der Waals surface area contributed by atoms with Crippen molar-refractivity contribution in [2.75, 3.05) is 20.2 Å². The van der Waals surface area contributed by atoms with Gasteiger partial charge in [0.25, 0.3) is 0 Å². The minimum absolute atomic E-state index is 0. The van der Waals surface area contributed by atoms with Gasteiger partial charge >= 0.3 is 0 Å². The van der Waals surface area contributed by atoms with E-state index in [0.717, 1.165) is 36.7 Å². The lowest BCUT2D eigenvalue weighted by Gasteiger charge is -2.24. The van der Waals surface area contributed by atoms with E-state index in [0.29, 0.717) is 5.92 Å². The summed E-state index contributed by atoms with van der Waals surface area (Å²) in [4.78, 5) is 0. The van der Waals surface area contributed by atoms with Crippen molar-refractivity contribution in [3.63, 3.8) is 0 Å². The highest BCUT2D eigenvalue weighted by atomic mass is 35.5. The summed E-state index contributed by atoms with van der Waals surface area (Å²) in [5.74, 6) is 1.47. The summed E-state index contributed by atoms with van der Waals surface area (Å²) in [6.07, 6.45) is 2.32. The lowest BCUT2D eigenvalue weighted by atomic mass is 9.90. The molecule has 16 heavy (non-hydrogen) atoms. The van der Waals surface area contributed by atoms with Crippen LogP contribution in [0.4, 0.5) is 0 Å². The highest BCUT2D eigenvalue weighted by molar-refractivity contribution is 6.31. The molecular formula is C12H17Cl2NO. The predicted molar refractivity (Wildman–Crippen MR) is 70.1 cm³/mol. The Hall–Kier alpha value is -0.440. The molecule has 0 unspecified atom stereocenters. The van der Waals surface area contributed by atoms with Gasteiger partial charge in [-0.15, -0.1) is 12.4 Å². The first-order valence-electron chi connectivity index (χ1n) is 5.35. The first-order valence-corrected chi connectivity index (χ1v) is 5.73. The number of nitrogens with one attached hydrogen (secondary N) is 1. The van der Waals surface area contributed by atoms with Crippen LogP contribution in [0, 0.1) is 0 Å². The van der Waals surface area contributed by atoms with Crippen LogP contribution in [0.3, 0.4) is 0 Å². The number of benzene rings is 1. The zero-order chi connectivity index (χ0) is 10.7.